The van der Waals surface area contributed by atoms with Crippen molar-refractivity contribution in [3.05, 3.63) is 36.3 Å². The van der Waals surface area contributed by atoms with Crippen molar-refractivity contribution in [2.45, 2.75) is 26.5 Å². The van der Waals surface area contributed by atoms with Crippen molar-refractivity contribution in [1.82, 2.24) is 14.8 Å². The molecule has 0 aromatic carbocycles. The summed E-state index contributed by atoms with van der Waals surface area (Å²) in [5.41, 5.74) is 0.826. The normalized spacial score (nSPS) is 10.7. The van der Waals surface area contributed by atoms with E-state index in [0.717, 1.165) is 11.4 Å². The molecule has 0 amide bonds. The van der Waals surface area contributed by atoms with E-state index in [1.165, 1.54) is 0 Å². The third-order valence-electron chi connectivity index (χ3n) is 2.48. The third kappa shape index (κ3) is 3.00. The summed E-state index contributed by atoms with van der Waals surface area (Å²) in [4.78, 5) is 4.27. The van der Waals surface area contributed by atoms with E-state index in [-0.39, 0.29) is 0 Å². The van der Waals surface area contributed by atoms with Crippen LogP contribution in [-0.4, -0.2) is 21.9 Å². The van der Waals surface area contributed by atoms with Crippen LogP contribution in [0.15, 0.2) is 30.6 Å². The van der Waals surface area contributed by atoms with E-state index in [1.54, 1.807) is 19.4 Å². The van der Waals surface area contributed by atoms with Gasteiger partial charge in [-0.05, 0) is 19.9 Å². The molecule has 0 aliphatic rings. The standard InChI is InChI=1S/C13H17N3O2/c1-10(2)16-8-12(7-14-16)18-9-11-5-4-6-13(15-11)17-3/h4-8,10H,9H2,1-3H3. The molecule has 0 atom stereocenters. The SMILES string of the molecule is COc1cccc(COc2cnn(C(C)C)c2)n1. The van der Waals surface area contributed by atoms with Crippen molar-refractivity contribution in [2.75, 3.05) is 7.11 Å². The van der Waals surface area contributed by atoms with Gasteiger partial charge in [0.15, 0.2) is 5.75 Å². The first-order chi connectivity index (χ1) is 8.69. The number of hydrogen-bond donors (Lipinski definition) is 0. The quantitative estimate of drug-likeness (QED) is 0.814. The predicted molar refractivity (Wildman–Crippen MR) is 67.7 cm³/mol. The van der Waals surface area contributed by atoms with Gasteiger partial charge in [-0.2, -0.15) is 5.10 Å². The molecule has 2 heterocycles. The van der Waals surface area contributed by atoms with E-state index in [1.807, 2.05) is 23.0 Å². The Morgan fingerprint density at radius 1 is 1.33 bits per heavy atom. The van der Waals surface area contributed by atoms with Gasteiger partial charge < -0.3 is 9.47 Å². The molecule has 0 saturated heterocycles. The first kappa shape index (κ1) is 12.4. The monoisotopic (exact) mass is 247 g/mol. The van der Waals surface area contributed by atoms with Crippen molar-refractivity contribution in [3.8, 4) is 11.6 Å². The van der Waals surface area contributed by atoms with Gasteiger partial charge in [0, 0.05) is 12.1 Å². The second-order valence-corrected chi connectivity index (χ2v) is 4.21. The Bertz CT molecular complexity index is 508. The second kappa shape index (κ2) is 5.53. The van der Waals surface area contributed by atoms with Gasteiger partial charge in [0.1, 0.15) is 6.61 Å². The Hall–Kier alpha value is -2.04. The van der Waals surface area contributed by atoms with E-state index in [2.05, 4.69) is 23.9 Å². The van der Waals surface area contributed by atoms with Crippen LogP contribution in [0.25, 0.3) is 0 Å². The number of nitrogens with zero attached hydrogens (tertiary/aromatic N) is 3. The Kier molecular flexibility index (Phi) is 3.82. The number of hydrogen-bond acceptors (Lipinski definition) is 4. The smallest absolute Gasteiger partial charge is 0.213 e. The van der Waals surface area contributed by atoms with E-state index >= 15 is 0 Å². The average Bonchev–Trinajstić information content (AvgIpc) is 2.85. The topological polar surface area (TPSA) is 49.2 Å². The molecule has 18 heavy (non-hydrogen) atoms. The summed E-state index contributed by atoms with van der Waals surface area (Å²) in [6.45, 7) is 4.54. The van der Waals surface area contributed by atoms with Crippen LogP contribution in [0.3, 0.4) is 0 Å². The molecule has 0 aliphatic heterocycles. The van der Waals surface area contributed by atoms with Crippen LogP contribution >= 0.6 is 0 Å². The first-order valence-electron chi connectivity index (χ1n) is 5.86. The molecule has 0 fully saturated rings. The van der Waals surface area contributed by atoms with Gasteiger partial charge >= 0.3 is 0 Å². The Balaban J connectivity index is 1.97. The van der Waals surface area contributed by atoms with Crippen molar-refractivity contribution < 1.29 is 9.47 Å². The predicted octanol–water partition coefficient (Wildman–Crippen LogP) is 2.45. The van der Waals surface area contributed by atoms with Gasteiger partial charge in [0.2, 0.25) is 5.88 Å². The number of pyridine rings is 1. The highest BCUT2D eigenvalue weighted by molar-refractivity contribution is 5.17. The molecule has 2 aromatic heterocycles. The number of rotatable bonds is 5. The van der Waals surface area contributed by atoms with E-state index in [9.17, 15) is 0 Å². The van der Waals surface area contributed by atoms with E-state index in [0.29, 0.717) is 18.5 Å². The van der Waals surface area contributed by atoms with E-state index < -0.39 is 0 Å². The Morgan fingerprint density at radius 2 is 2.17 bits per heavy atom. The molecule has 96 valence electrons. The maximum Gasteiger partial charge on any atom is 0.213 e. The summed E-state index contributed by atoms with van der Waals surface area (Å²) in [6, 6.07) is 5.93. The zero-order valence-corrected chi connectivity index (χ0v) is 10.8. The Labute approximate surface area is 106 Å². The molecule has 0 saturated carbocycles. The number of aromatic nitrogens is 3. The minimum absolute atomic E-state index is 0.331. The fraction of sp³-hybridized carbons (Fsp3) is 0.385. The highest BCUT2D eigenvalue weighted by Gasteiger charge is 2.04. The minimum atomic E-state index is 0.331. The molecule has 5 heteroatoms. The van der Waals surface area contributed by atoms with E-state index in [4.69, 9.17) is 9.47 Å². The highest BCUT2D eigenvalue weighted by atomic mass is 16.5. The summed E-state index contributed by atoms with van der Waals surface area (Å²) in [5, 5.41) is 4.21. The van der Waals surface area contributed by atoms with Gasteiger partial charge in [0.25, 0.3) is 0 Å². The number of methoxy groups -OCH3 is 1. The molecular weight excluding hydrogens is 230 g/mol. The first-order valence-corrected chi connectivity index (χ1v) is 5.86. The van der Waals surface area contributed by atoms with Crippen LogP contribution in [0.4, 0.5) is 0 Å². The summed E-state index contributed by atoms with van der Waals surface area (Å²) < 4.78 is 12.5. The maximum atomic E-state index is 5.62. The molecule has 2 aromatic rings. The average molecular weight is 247 g/mol. The van der Waals surface area contributed by atoms with Crippen LogP contribution < -0.4 is 9.47 Å². The van der Waals surface area contributed by atoms with Gasteiger partial charge in [0.05, 0.1) is 25.2 Å². The van der Waals surface area contributed by atoms with Gasteiger partial charge in [-0.25, -0.2) is 4.98 Å². The van der Waals surface area contributed by atoms with Crippen molar-refractivity contribution >= 4 is 0 Å². The molecule has 2 rings (SSSR count). The summed E-state index contributed by atoms with van der Waals surface area (Å²) >= 11 is 0. The second-order valence-electron chi connectivity index (χ2n) is 4.21. The Morgan fingerprint density at radius 3 is 2.83 bits per heavy atom. The molecule has 0 unspecified atom stereocenters. The van der Waals surface area contributed by atoms with Crippen molar-refractivity contribution in [2.24, 2.45) is 0 Å². The summed E-state index contributed by atoms with van der Waals surface area (Å²) in [5.74, 6) is 1.34. The lowest BCUT2D eigenvalue weighted by atomic mass is 10.3. The maximum absolute atomic E-state index is 5.62. The lowest BCUT2D eigenvalue weighted by molar-refractivity contribution is 0.297. The summed E-state index contributed by atoms with van der Waals surface area (Å²) in [7, 11) is 1.60. The molecule has 0 spiro atoms. The fourth-order valence-corrected chi connectivity index (χ4v) is 1.49. The van der Waals surface area contributed by atoms with Gasteiger partial charge in [-0.1, -0.05) is 6.07 Å². The van der Waals surface area contributed by atoms with Crippen LogP contribution in [0.2, 0.25) is 0 Å². The van der Waals surface area contributed by atoms with Gasteiger partial charge in [-0.15, -0.1) is 0 Å². The van der Waals surface area contributed by atoms with Crippen LogP contribution in [0, 0.1) is 0 Å². The highest BCUT2D eigenvalue weighted by Crippen LogP contribution is 2.14. The third-order valence-corrected chi connectivity index (χ3v) is 2.48. The molecular formula is C13H17N3O2. The van der Waals surface area contributed by atoms with Crippen LogP contribution in [0.1, 0.15) is 25.6 Å². The minimum Gasteiger partial charge on any atom is -0.484 e. The molecule has 0 bridgehead atoms. The van der Waals surface area contributed by atoms with Crippen molar-refractivity contribution in [1.29, 1.82) is 0 Å². The molecule has 0 aliphatic carbocycles. The lowest BCUT2D eigenvalue weighted by Gasteiger charge is -2.05. The molecule has 0 N–H and O–H groups in total. The molecule has 5 nitrogen and oxygen atoms in total. The van der Waals surface area contributed by atoms with Crippen LogP contribution in [0.5, 0.6) is 11.6 Å². The summed E-state index contributed by atoms with van der Waals surface area (Å²) in [6.07, 6.45) is 3.59. The van der Waals surface area contributed by atoms with Crippen LogP contribution in [-0.2, 0) is 6.61 Å². The van der Waals surface area contributed by atoms with Crippen molar-refractivity contribution in [3.63, 3.8) is 0 Å². The lowest BCUT2D eigenvalue weighted by Crippen LogP contribution is -2.00. The zero-order valence-electron chi connectivity index (χ0n) is 10.8. The zero-order chi connectivity index (χ0) is 13.0. The number of ether oxygens (including phenoxy) is 2. The fourth-order valence-electron chi connectivity index (χ4n) is 1.49. The molecule has 0 radical (unpaired) electrons. The van der Waals surface area contributed by atoms with Gasteiger partial charge in [-0.3, -0.25) is 4.68 Å². The largest absolute Gasteiger partial charge is 0.484 e.